The topological polar surface area (TPSA) is 83.3 Å². The average molecular weight is 420 g/mol. The molecule has 7 nitrogen and oxygen atoms in total. The highest BCUT2D eigenvalue weighted by molar-refractivity contribution is 5.80. The first-order chi connectivity index (χ1) is 14.4. The molecule has 1 saturated carbocycles. The fraction of sp³-hybridized carbons (Fsp3) is 0.826. The molecule has 1 heterocycles. The Morgan fingerprint density at radius 3 is 2.50 bits per heavy atom. The Morgan fingerprint density at radius 2 is 1.80 bits per heavy atom. The van der Waals surface area contributed by atoms with Crippen molar-refractivity contribution in [3.8, 4) is 0 Å². The van der Waals surface area contributed by atoms with Crippen LogP contribution in [0.2, 0.25) is 0 Å². The molecule has 0 aliphatic heterocycles. The van der Waals surface area contributed by atoms with Gasteiger partial charge in [-0.3, -0.25) is 9.59 Å². The lowest BCUT2D eigenvalue weighted by Gasteiger charge is -2.12. The van der Waals surface area contributed by atoms with Gasteiger partial charge < -0.3 is 9.47 Å². The number of aryl methyl sites for hydroxylation is 1. The van der Waals surface area contributed by atoms with E-state index < -0.39 is 0 Å². The van der Waals surface area contributed by atoms with Crippen LogP contribution in [0.15, 0.2) is 0 Å². The van der Waals surface area contributed by atoms with Crippen molar-refractivity contribution in [3.05, 3.63) is 11.4 Å². The molecule has 1 aromatic rings. The monoisotopic (exact) mass is 419 g/mol. The molecule has 168 valence electrons. The molecule has 2 aliphatic carbocycles. The second-order valence-electron chi connectivity index (χ2n) is 9.36. The van der Waals surface area contributed by atoms with Crippen molar-refractivity contribution >= 4 is 11.8 Å². The highest BCUT2D eigenvalue weighted by Crippen LogP contribution is 2.53. The van der Waals surface area contributed by atoms with E-state index in [0.717, 1.165) is 31.4 Å². The van der Waals surface area contributed by atoms with E-state index in [9.17, 15) is 9.59 Å². The normalized spacial score (nSPS) is 22.9. The van der Waals surface area contributed by atoms with Crippen molar-refractivity contribution in [3.63, 3.8) is 0 Å². The van der Waals surface area contributed by atoms with Gasteiger partial charge in [-0.25, -0.2) is 4.68 Å². The van der Waals surface area contributed by atoms with Crippen LogP contribution in [0.25, 0.3) is 0 Å². The Morgan fingerprint density at radius 1 is 1.07 bits per heavy atom. The van der Waals surface area contributed by atoms with E-state index in [4.69, 9.17) is 9.47 Å². The van der Waals surface area contributed by atoms with E-state index in [-0.39, 0.29) is 17.7 Å². The summed E-state index contributed by atoms with van der Waals surface area (Å²) in [5.41, 5.74) is 2.45. The number of ether oxygens (including phenoxy) is 2. The third-order valence-corrected chi connectivity index (χ3v) is 6.54. The van der Waals surface area contributed by atoms with Gasteiger partial charge in [0, 0.05) is 31.4 Å². The molecule has 3 unspecified atom stereocenters. The van der Waals surface area contributed by atoms with Crippen LogP contribution in [0.5, 0.6) is 0 Å². The van der Waals surface area contributed by atoms with Crippen LogP contribution >= 0.6 is 0 Å². The summed E-state index contributed by atoms with van der Waals surface area (Å²) in [6.07, 6.45) is 5.69. The van der Waals surface area contributed by atoms with Crippen LogP contribution in [0, 0.1) is 23.7 Å². The molecule has 30 heavy (non-hydrogen) atoms. The van der Waals surface area contributed by atoms with Gasteiger partial charge in [0.2, 0.25) is 0 Å². The lowest BCUT2D eigenvalue weighted by molar-refractivity contribution is -0.144. The largest absolute Gasteiger partial charge is 0.465 e. The number of rotatable bonds is 11. The summed E-state index contributed by atoms with van der Waals surface area (Å²) in [4.78, 5) is 23.6. The summed E-state index contributed by atoms with van der Waals surface area (Å²) in [5.74, 6) is 1.93. The van der Waals surface area contributed by atoms with E-state index in [1.54, 1.807) is 0 Å². The molecule has 0 radical (unpaired) electrons. The van der Waals surface area contributed by atoms with Crippen molar-refractivity contribution in [2.75, 3.05) is 19.8 Å². The van der Waals surface area contributed by atoms with Crippen LogP contribution in [0.3, 0.4) is 0 Å². The Balaban J connectivity index is 1.30. The number of hydrogen-bond acceptors (Lipinski definition) is 6. The zero-order valence-corrected chi connectivity index (χ0v) is 18.9. The third kappa shape index (κ3) is 5.90. The number of ketones is 1. The smallest absolute Gasteiger partial charge is 0.305 e. The number of nitrogens with zero attached hydrogens (tertiary/aromatic N) is 3. The fourth-order valence-corrected chi connectivity index (χ4v) is 4.59. The van der Waals surface area contributed by atoms with Crippen LogP contribution in [-0.4, -0.2) is 46.6 Å². The second-order valence-corrected chi connectivity index (χ2v) is 9.36. The first-order valence-electron chi connectivity index (χ1n) is 11.6. The number of fused-ring (bicyclic) bond motifs is 2. The predicted molar refractivity (Wildman–Crippen MR) is 113 cm³/mol. The van der Waals surface area contributed by atoms with Crippen LogP contribution in [0.4, 0.5) is 0 Å². The molecule has 0 spiro atoms. The van der Waals surface area contributed by atoms with Gasteiger partial charge in [-0.2, -0.15) is 0 Å². The molecule has 1 fully saturated rings. The minimum absolute atomic E-state index is 0.0543. The molecule has 1 aromatic heterocycles. The first kappa shape index (κ1) is 22.9. The van der Waals surface area contributed by atoms with Gasteiger partial charge in [0.05, 0.1) is 24.6 Å². The van der Waals surface area contributed by atoms with Gasteiger partial charge in [0.25, 0.3) is 0 Å². The van der Waals surface area contributed by atoms with Crippen LogP contribution in [-0.2, 0) is 31.9 Å². The van der Waals surface area contributed by atoms with E-state index in [1.165, 1.54) is 5.69 Å². The molecule has 0 saturated heterocycles. The molecule has 2 aliphatic rings. The quantitative estimate of drug-likeness (QED) is 0.403. The molecule has 3 atom stereocenters. The Kier molecular flexibility index (Phi) is 8.03. The summed E-state index contributed by atoms with van der Waals surface area (Å²) in [7, 11) is 0. The standard InChI is InChI=1S/C23H37N3O4/c1-15(2)22(27)11-13-29-12-5-6-23(28)30-14-19-17-7-9-20-21(10-8-18(17)19)26(16(3)4)25-24-20/h15-19H,5-14H2,1-4H3. The summed E-state index contributed by atoms with van der Waals surface area (Å²) in [6, 6.07) is 0.340. The zero-order valence-electron chi connectivity index (χ0n) is 18.9. The van der Waals surface area contributed by atoms with Gasteiger partial charge in [0.1, 0.15) is 5.78 Å². The molecule has 7 heteroatoms. The highest BCUT2D eigenvalue weighted by atomic mass is 16.5. The van der Waals surface area contributed by atoms with E-state index in [2.05, 4.69) is 28.8 Å². The Labute approximate surface area is 179 Å². The van der Waals surface area contributed by atoms with Crippen molar-refractivity contribution in [2.45, 2.75) is 78.7 Å². The van der Waals surface area contributed by atoms with Crippen molar-refractivity contribution in [1.82, 2.24) is 15.0 Å². The molecule has 3 rings (SSSR count). The van der Waals surface area contributed by atoms with Gasteiger partial charge in [0.15, 0.2) is 0 Å². The highest BCUT2D eigenvalue weighted by Gasteiger charge is 2.50. The van der Waals surface area contributed by atoms with Crippen molar-refractivity contribution in [2.24, 2.45) is 23.7 Å². The maximum absolute atomic E-state index is 12.1. The minimum Gasteiger partial charge on any atom is -0.465 e. The maximum Gasteiger partial charge on any atom is 0.305 e. The van der Waals surface area contributed by atoms with Gasteiger partial charge >= 0.3 is 5.97 Å². The van der Waals surface area contributed by atoms with Gasteiger partial charge in [-0.05, 0) is 63.7 Å². The van der Waals surface area contributed by atoms with E-state index >= 15 is 0 Å². The number of hydrogen-bond donors (Lipinski definition) is 0. The molecule has 0 aromatic carbocycles. The molecule has 0 bridgehead atoms. The zero-order chi connectivity index (χ0) is 21.7. The lowest BCUT2D eigenvalue weighted by Crippen LogP contribution is -2.12. The lowest BCUT2D eigenvalue weighted by atomic mass is 10.0. The number of esters is 1. The summed E-state index contributed by atoms with van der Waals surface area (Å²) in [5, 5.41) is 8.73. The van der Waals surface area contributed by atoms with Crippen molar-refractivity contribution in [1.29, 1.82) is 0 Å². The minimum atomic E-state index is -0.142. The van der Waals surface area contributed by atoms with Gasteiger partial charge in [-0.1, -0.05) is 19.1 Å². The number of carbonyl (C=O) groups excluding carboxylic acids is 2. The molecular weight excluding hydrogens is 382 g/mol. The fourth-order valence-electron chi connectivity index (χ4n) is 4.59. The molecular formula is C23H37N3O4. The third-order valence-electron chi connectivity index (χ3n) is 6.54. The number of aromatic nitrogens is 3. The van der Waals surface area contributed by atoms with Crippen LogP contribution in [0.1, 0.15) is 77.2 Å². The summed E-state index contributed by atoms with van der Waals surface area (Å²) in [6.45, 7) is 9.55. The summed E-state index contributed by atoms with van der Waals surface area (Å²) >= 11 is 0. The molecule has 0 N–H and O–H groups in total. The van der Waals surface area contributed by atoms with E-state index in [1.807, 2.05) is 13.8 Å². The summed E-state index contributed by atoms with van der Waals surface area (Å²) < 4.78 is 13.1. The SMILES string of the molecule is CC(C)C(=O)CCOCCCC(=O)OCC1C2CCc3nnn(C(C)C)c3CCC21. The first-order valence-corrected chi connectivity index (χ1v) is 11.6. The molecule has 0 amide bonds. The Bertz CT molecular complexity index is 728. The van der Waals surface area contributed by atoms with Crippen LogP contribution < -0.4 is 0 Å². The number of Topliss-reactive ketones (excluding diaryl/α,β-unsaturated/α-hetero) is 1. The predicted octanol–water partition coefficient (Wildman–Crippen LogP) is 3.56. The van der Waals surface area contributed by atoms with E-state index in [0.29, 0.717) is 62.9 Å². The van der Waals surface area contributed by atoms with Gasteiger partial charge in [-0.15, -0.1) is 5.10 Å². The second kappa shape index (κ2) is 10.5. The average Bonchev–Trinajstić information content (AvgIpc) is 3.18. The Hall–Kier alpha value is -1.76. The number of carbonyl (C=O) groups is 2. The maximum atomic E-state index is 12.1. The van der Waals surface area contributed by atoms with Crippen molar-refractivity contribution < 1.29 is 19.1 Å².